The molecule has 0 heterocycles. The maximum absolute atomic E-state index is 10.5. The molecule has 0 aliphatic carbocycles. The van der Waals surface area contributed by atoms with E-state index in [1.54, 1.807) is 0 Å². The summed E-state index contributed by atoms with van der Waals surface area (Å²) in [4.78, 5) is 20.9. The van der Waals surface area contributed by atoms with Crippen LogP contribution in [0.25, 0.3) is 0 Å². The van der Waals surface area contributed by atoms with E-state index in [0.29, 0.717) is 0 Å². The zero-order valence-corrected chi connectivity index (χ0v) is 16.4. The number of carbonyl (C=O) groups is 2. The van der Waals surface area contributed by atoms with E-state index in [-0.39, 0.29) is 40.7 Å². The average Bonchev–Trinajstić information content (AvgIpc) is 2.54. The van der Waals surface area contributed by atoms with Crippen LogP contribution >= 0.6 is 0 Å². The standard InChI is InChI=1S/C10H21.C8H6O4.2Na.H/c1-3-5-7-9-10-8-6-4-2;9-7(10)5-3-1-2-4-6(5)8(11)12;;;/h1,3-10H2,2H3;1-4H,(H,9,10)(H,11,12);;;. The summed E-state index contributed by atoms with van der Waals surface area (Å²) >= 11 is 1.41. The Balaban J connectivity index is 0. The summed E-state index contributed by atoms with van der Waals surface area (Å²) in [6.45, 7) is 2.28. The second kappa shape index (κ2) is 18.0. The number of aromatic carboxylic acids is 2. The van der Waals surface area contributed by atoms with Gasteiger partial charge in [0.1, 0.15) is 0 Å². The summed E-state index contributed by atoms with van der Waals surface area (Å²) in [6.07, 6.45) is 11.7. The first kappa shape index (κ1) is 26.4. The summed E-state index contributed by atoms with van der Waals surface area (Å²) in [5.74, 6) is -2.46. The molecule has 0 unspecified atom stereocenters. The molecule has 0 fully saturated rings. The predicted molar refractivity (Wildman–Crippen MR) is 101 cm³/mol. The van der Waals surface area contributed by atoms with Gasteiger partial charge in [-0.1, -0.05) is 12.1 Å². The molecular weight excluding hydrogens is 326 g/mol. The molecule has 0 aromatic heterocycles. The summed E-state index contributed by atoms with van der Waals surface area (Å²) in [5.41, 5.74) is -0.380. The van der Waals surface area contributed by atoms with E-state index in [2.05, 4.69) is 6.92 Å². The first-order valence-corrected chi connectivity index (χ1v) is 10.0. The number of hydrogen-bond acceptors (Lipinski definition) is 2. The van der Waals surface area contributed by atoms with E-state index in [1.807, 2.05) is 0 Å². The molecule has 0 radical (unpaired) electrons. The molecule has 1 aromatic rings. The monoisotopic (exact) mass is 354 g/mol. The normalized spacial score (nSPS) is 9.46. The van der Waals surface area contributed by atoms with Gasteiger partial charge in [-0.25, -0.2) is 9.59 Å². The van der Waals surface area contributed by atoms with Crippen LogP contribution in [-0.4, -0.2) is 79.6 Å². The summed E-state index contributed by atoms with van der Waals surface area (Å²) in [5, 5.41) is 17.1. The number of benzene rings is 1. The van der Waals surface area contributed by atoms with Crippen molar-refractivity contribution in [2.45, 2.75) is 62.0 Å². The number of carboxylic acid groups (broad SMARTS) is 2. The van der Waals surface area contributed by atoms with Crippen LogP contribution in [0.1, 0.15) is 79.0 Å². The van der Waals surface area contributed by atoms with E-state index in [4.69, 9.17) is 10.2 Å². The molecular formula is C18H28Na2O4. The van der Waals surface area contributed by atoms with E-state index in [9.17, 15) is 9.59 Å². The Morgan fingerprint density at radius 1 is 0.833 bits per heavy atom. The first-order chi connectivity index (χ1) is 11.0. The Morgan fingerprint density at radius 3 is 1.54 bits per heavy atom. The van der Waals surface area contributed by atoms with Gasteiger partial charge in [-0.2, -0.15) is 0 Å². The van der Waals surface area contributed by atoms with Crippen molar-refractivity contribution in [3.8, 4) is 0 Å². The van der Waals surface area contributed by atoms with Crippen LogP contribution in [-0.2, 0) is 0 Å². The average molecular weight is 354 g/mol. The van der Waals surface area contributed by atoms with Crippen molar-refractivity contribution in [3.63, 3.8) is 0 Å². The predicted octanol–water partition coefficient (Wildman–Crippen LogP) is 4.15. The number of hydrogen-bond donors (Lipinski definition) is 2. The van der Waals surface area contributed by atoms with Crippen LogP contribution in [0.15, 0.2) is 24.3 Å². The third-order valence-corrected chi connectivity index (χ3v) is 4.30. The molecule has 4 nitrogen and oxygen atoms in total. The topological polar surface area (TPSA) is 74.6 Å². The van der Waals surface area contributed by atoms with Crippen molar-refractivity contribution >= 4 is 69.4 Å². The van der Waals surface area contributed by atoms with Crippen molar-refractivity contribution in [1.82, 2.24) is 0 Å². The molecule has 0 aliphatic heterocycles. The van der Waals surface area contributed by atoms with Crippen LogP contribution in [0.5, 0.6) is 0 Å². The zero-order chi connectivity index (χ0) is 17.5. The molecule has 0 spiro atoms. The van der Waals surface area contributed by atoms with Crippen molar-refractivity contribution in [3.05, 3.63) is 35.4 Å². The van der Waals surface area contributed by atoms with Crippen LogP contribution in [0, 0.1) is 0 Å². The van der Waals surface area contributed by atoms with Crippen LogP contribution < -0.4 is 0 Å². The van der Waals surface area contributed by atoms with Gasteiger partial charge in [0.2, 0.25) is 0 Å². The van der Waals surface area contributed by atoms with Crippen molar-refractivity contribution in [2.24, 2.45) is 0 Å². The van der Waals surface area contributed by atoms with E-state index < -0.39 is 11.9 Å². The fraction of sp³-hybridized carbons (Fsp3) is 0.556. The van der Waals surface area contributed by atoms with Gasteiger partial charge in [0.15, 0.2) is 0 Å². The molecule has 0 aliphatic rings. The van der Waals surface area contributed by atoms with Gasteiger partial charge < -0.3 is 10.2 Å². The molecule has 0 atom stereocenters. The molecule has 6 heteroatoms. The Hall–Kier alpha value is 0.160. The van der Waals surface area contributed by atoms with Gasteiger partial charge in [0.25, 0.3) is 0 Å². The van der Waals surface area contributed by atoms with Gasteiger partial charge in [0, 0.05) is 0 Å². The SMILES string of the molecule is CCCCCCCCC[CH2][Na].O=C(O)c1ccccc1C(=O)O.[NaH]. The van der Waals surface area contributed by atoms with E-state index >= 15 is 0 Å². The molecule has 2 N–H and O–H groups in total. The second-order valence-corrected chi connectivity index (χ2v) is 6.63. The Labute approximate surface area is 185 Å². The quantitative estimate of drug-likeness (QED) is 0.489. The minimum atomic E-state index is -1.23. The number of unbranched alkanes of at least 4 members (excludes halogenated alkanes) is 7. The molecule has 0 saturated heterocycles. The molecule has 126 valence electrons. The summed E-state index contributed by atoms with van der Waals surface area (Å²) in [6, 6.07) is 5.48. The van der Waals surface area contributed by atoms with Crippen molar-refractivity contribution in [1.29, 1.82) is 0 Å². The minimum absolute atomic E-state index is 0. The zero-order valence-electron chi connectivity index (χ0n) is 14.4. The molecule has 0 bridgehead atoms. The molecule has 0 saturated carbocycles. The Bertz CT molecular complexity index is 423. The molecule has 24 heavy (non-hydrogen) atoms. The van der Waals surface area contributed by atoms with Crippen LogP contribution in [0.3, 0.4) is 0 Å². The maximum atomic E-state index is 10.5. The van der Waals surface area contributed by atoms with Gasteiger partial charge in [0.05, 0.1) is 11.1 Å². The second-order valence-electron chi connectivity index (χ2n) is 5.63. The summed E-state index contributed by atoms with van der Waals surface area (Å²) in [7, 11) is 0. The third-order valence-electron chi connectivity index (χ3n) is 3.59. The van der Waals surface area contributed by atoms with Crippen LogP contribution in [0.2, 0.25) is 3.67 Å². The number of rotatable bonds is 10. The molecule has 1 rings (SSSR count). The fourth-order valence-electron chi connectivity index (χ4n) is 2.24. The van der Waals surface area contributed by atoms with Gasteiger partial charge in [-0.3, -0.25) is 0 Å². The van der Waals surface area contributed by atoms with E-state index in [0.717, 1.165) is 0 Å². The van der Waals surface area contributed by atoms with Crippen LogP contribution in [0.4, 0.5) is 0 Å². The van der Waals surface area contributed by atoms with E-state index in [1.165, 1.54) is 107 Å². The third kappa shape index (κ3) is 13.5. The molecule has 1 aromatic carbocycles. The number of carboxylic acids is 2. The van der Waals surface area contributed by atoms with Gasteiger partial charge in [-0.05, 0) is 12.1 Å². The Kier molecular flexibility index (Phi) is 19.8. The molecule has 0 amide bonds. The van der Waals surface area contributed by atoms with Gasteiger partial charge in [-0.15, -0.1) is 0 Å². The Morgan fingerprint density at radius 2 is 1.21 bits per heavy atom. The summed E-state index contributed by atoms with van der Waals surface area (Å²) < 4.78 is 1.51. The fourth-order valence-corrected chi connectivity index (χ4v) is 2.74. The first-order valence-electron chi connectivity index (χ1n) is 8.60. The van der Waals surface area contributed by atoms with Gasteiger partial charge >= 0.3 is 131 Å². The van der Waals surface area contributed by atoms with Crippen molar-refractivity contribution < 1.29 is 19.8 Å². The van der Waals surface area contributed by atoms with Crippen molar-refractivity contribution in [2.75, 3.05) is 0 Å².